The first-order valence-corrected chi connectivity index (χ1v) is 6.13. The summed E-state index contributed by atoms with van der Waals surface area (Å²) >= 11 is 0. The molecule has 17 heavy (non-hydrogen) atoms. The van der Waals surface area contributed by atoms with E-state index in [4.69, 9.17) is 5.11 Å². The molecule has 1 fully saturated rings. The molecule has 1 aromatic rings. The maximum absolute atomic E-state index is 13.1. The van der Waals surface area contributed by atoms with Gasteiger partial charge in [0, 0.05) is 18.3 Å². The van der Waals surface area contributed by atoms with E-state index < -0.39 is 5.82 Å². The van der Waals surface area contributed by atoms with Crippen LogP contribution < -0.4 is 5.32 Å². The number of hydrogen-bond acceptors (Lipinski definition) is 2. The molecule has 0 spiro atoms. The number of halogens is 1. The molecule has 1 aromatic carbocycles. The first kappa shape index (κ1) is 10.6. The Kier molecular flexibility index (Phi) is 2.54. The van der Waals surface area contributed by atoms with Crippen LogP contribution in [-0.2, 0) is 0 Å². The molecule has 3 unspecified atom stereocenters. The van der Waals surface area contributed by atoms with E-state index in [0.29, 0.717) is 11.8 Å². The molecular formula is C14H16FNO. The number of anilines is 1. The number of rotatable bonds is 3. The second-order valence-corrected chi connectivity index (χ2v) is 5.09. The monoisotopic (exact) mass is 233 g/mol. The Bertz CT molecular complexity index is 458. The van der Waals surface area contributed by atoms with Crippen molar-refractivity contribution < 1.29 is 9.50 Å². The Labute approximate surface area is 100 Å². The van der Waals surface area contributed by atoms with Gasteiger partial charge in [-0.05, 0) is 42.7 Å². The van der Waals surface area contributed by atoms with Gasteiger partial charge in [-0.25, -0.2) is 4.39 Å². The van der Waals surface area contributed by atoms with E-state index in [1.54, 1.807) is 6.07 Å². The Morgan fingerprint density at radius 1 is 1.29 bits per heavy atom. The lowest BCUT2D eigenvalue weighted by molar-refractivity contribution is 0.432. The smallest absolute Gasteiger partial charge is 0.166 e. The minimum absolute atomic E-state index is 0.293. The highest BCUT2D eigenvalue weighted by Crippen LogP contribution is 2.43. The first-order valence-electron chi connectivity index (χ1n) is 6.13. The summed E-state index contributed by atoms with van der Waals surface area (Å²) in [4.78, 5) is 0. The van der Waals surface area contributed by atoms with Crippen LogP contribution in [0.25, 0.3) is 0 Å². The van der Waals surface area contributed by atoms with Crippen LogP contribution in [0.1, 0.15) is 12.8 Å². The Balaban J connectivity index is 1.61. The van der Waals surface area contributed by atoms with Crippen molar-refractivity contribution in [3.63, 3.8) is 0 Å². The van der Waals surface area contributed by atoms with E-state index >= 15 is 0 Å². The summed E-state index contributed by atoms with van der Waals surface area (Å²) in [6.45, 7) is 0.885. The summed E-state index contributed by atoms with van der Waals surface area (Å²) < 4.78 is 13.1. The summed E-state index contributed by atoms with van der Waals surface area (Å²) in [6.07, 6.45) is 7.17. The normalized spacial score (nSPS) is 29.8. The van der Waals surface area contributed by atoms with Gasteiger partial charge >= 0.3 is 0 Å². The molecular weight excluding hydrogens is 217 g/mol. The van der Waals surface area contributed by atoms with Gasteiger partial charge in [0.15, 0.2) is 11.6 Å². The van der Waals surface area contributed by atoms with E-state index in [-0.39, 0.29) is 5.75 Å². The SMILES string of the molecule is Oc1ccc(NCC2CC3C=CC2C3)cc1F. The molecule has 2 bridgehead atoms. The summed E-state index contributed by atoms with van der Waals surface area (Å²) in [5.41, 5.74) is 0.743. The molecule has 0 amide bonds. The zero-order valence-electron chi connectivity index (χ0n) is 9.57. The molecule has 0 aromatic heterocycles. The van der Waals surface area contributed by atoms with Crippen molar-refractivity contribution >= 4 is 5.69 Å². The van der Waals surface area contributed by atoms with Crippen LogP contribution in [0, 0.1) is 23.6 Å². The number of fused-ring (bicyclic) bond motifs is 2. The largest absolute Gasteiger partial charge is 0.505 e. The zero-order chi connectivity index (χ0) is 11.8. The molecule has 2 N–H and O–H groups in total. The Morgan fingerprint density at radius 2 is 2.18 bits per heavy atom. The topological polar surface area (TPSA) is 32.3 Å². The molecule has 0 saturated heterocycles. The molecule has 0 heterocycles. The van der Waals surface area contributed by atoms with Crippen LogP contribution in [0.15, 0.2) is 30.4 Å². The third-order valence-electron chi connectivity index (χ3n) is 3.93. The molecule has 90 valence electrons. The number of aromatic hydroxyl groups is 1. The lowest BCUT2D eigenvalue weighted by Crippen LogP contribution is -2.18. The average molecular weight is 233 g/mol. The van der Waals surface area contributed by atoms with Gasteiger partial charge in [0.2, 0.25) is 0 Å². The molecule has 3 heteroatoms. The van der Waals surface area contributed by atoms with Gasteiger partial charge in [0.05, 0.1) is 0 Å². The van der Waals surface area contributed by atoms with Gasteiger partial charge in [-0.2, -0.15) is 0 Å². The van der Waals surface area contributed by atoms with E-state index in [9.17, 15) is 4.39 Å². The van der Waals surface area contributed by atoms with Crippen LogP contribution >= 0.6 is 0 Å². The predicted octanol–water partition coefficient (Wildman–Crippen LogP) is 3.16. The fraction of sp³-hybridized carbons (Fsp3) is 0.429. The van der Waals surface area contributed by atoms with Gasteiger partial charge in [-0.15, -0.1) is 0 Å². The van der Waals surface area contributed by atoms with Gasteiger partial charge in [0.1, 0.15) is 0 Å². The van der Waals surface area contributed by atoms with Crippen molar-refractivity contribution in [2.45, 2.75) is 12.8 Å². The average Bonchev–Trinajstić information content (AvgIpc) is 2.92. The van der Waals surface area contributed by atoms with Crippen LogP contribution in [0.3, 0.4) is 0 Å². The number of benzene rings is 1. The summed E-state index contributed by atoms with van der Waals surface area (Å²) in [6, 6.07) is 4.44. The number of phenolic OH excluding ortho intramolecular Hbond substituents is 1. The fourth-order valence-electron chi connectivity index (χ4n) is 3.00. The van der Waals surface area contributed by atoms with Crippen molar-refractivity contribution in [2.24, 2.45) is 17.8 Å². The lowest BCUT2D eigenvalue weighted by atomic mass is 9.93. The lowest BCUT2D eigenvalue weighted by Gasteiger charge is -2.19. The van der Waals surface area contributed by atoms with Crippen molar-refractivity contribution in [1.29, 1.82) is 0 Å². The molecule has 3 rings (SSSR count). The summed E-state index contributed by atoms with van der Waals surface area (Å²) in [5, 5.41) is 12.4. The molecule has 2 aliphatic carbocycles. The van der Waals surface area contributed by atoms with Gasteiger partial charge < -0.3 is 10.4 Å². The highest BCUT2D eigenvalue weighted by Gasteiger charge is 2.35. The highest BCUT2D eigenvalue weighted by molar-refractivity contribution is 5.47. The number of phenols is 1. The molecule has 2 nitrogen and oxygen atoms in total. The van der Waals surface area contributed by atoms with Crippen molar-refractivity contribution in [2.75, 3.05) is 11.9 Å². The number of allylic oxidation sites excluding steroid dienone is 2. The molecule has 0 aliphatic heterocycles. The van der Waals surface area contributed by atoms with Crippen LogP contribution in [0.4, 0.5) is 10.1 Å². The Morgan fingerprint density at radius 3 is 2.82 bits per heavy atom. The maximum Gasteiger partial charge on any atom is 0.166 e. The van der Waals surface area contributed by atoms with Crippen LogP contribution in [0.2, 0.25) is 0 Å². The predicted molar refractivity (Wildman–Crippen MR) is 65.4 cm³/mol. The van der Waals surface area contributed by atoms with Crippen LogP contribution in [-0.4, -0.2) is 11.7 Å². The van der Waals surface area contributed by atoms with E-state index in [2.05, 4.69) is 17.5 Å². The minimum Gasteiger partial charge on any atom is -0.505 e. The van der Waals surface area contributed by atoms with Crippen molar-refractivity contribution in [3.05, 3.63) is 36.2 Å². The second-order valence-electron chi connectivity index (χ2n) is 5.09. The van der Waals surface area contributed by atoms with Crippen LogP contribution in [0.5, 0.6) is 5.75 Å². The molecule has 1 saturated carbocycles. The summed E-state index contributed by atoms with van der Waals surface area (Å²) in [5.74, 6) is 1.28. The van der Waals surface area contributed by atoms with Gasteiger partial charge in [-0.1, -0.05) is 12.2 Å². The number of nitrogens with one attached hydrogen (secondary N) is 1. The highest BCUT2D eigenvalue weighted by atomic mass is 19.1. The van der Waals surface area contributed by atoms with E-state index in [0.717, 1.165) is 18.2 Å². The fourth-order valence-corrected chi connectivity index (χ4v) is 3.00. The quantitative estimate of drug-likeness (QED) is 0.621. The van der Waals surface area contributed by atoms with E-state index in [1.165, 1.54) is 25.0 Å². The Hall–Kier alpha value is -1.51. The second kappa shape index (κ2) is 4.06. The van der Waals surface area contributed by atoms with Gasteiger partial charge in [0.25, 0.3) is 0 Å². The van der Waals surface area contributed by atoms with Crippen molar-refractivity contribution in [1.82, 2.24) is 0 Å². The first-order chi connectivity index (χ1) is 8.22. The summed E-state index contributed by atoms with van der Waals surface area (Å²) in [7, 11) is 0. The maximum atomic E-state index is 13.1. The number of hydrogen-bond donors (Lipinski definition) is 2. The minimum atomic E-state index is -0.567. The zero-order valence-corrected chi connectivity index (χ0v) is 9.57. The molecule has 0 radical (unpaired) electrons. The van der Waals surface area contributed by atoms with E-state index in [1.807, 2.05) is 0 Å². The molecule has 3 atom stereocenters. The standard InChI is InChI=1S/C14H16FNO/c15-13-7-12(3-4-14(13)17)16-8-11-6-9-1-2-10(11)5-9/h1-4,7,9-11,16-17H,5-6,8H2. The van der Waals surface area contributed by atoms with Gasteiger partial charge in [-0.3, -0.25) is 0 Å². The third kappa shape index (κ3) is 2.02. The molecule has 2 aliphatic rings. The third-order valence-corrected chi connectivity index (χ3v) is 3.93. The van der Waals surface area contributed by atoms with Crippen molar-refractivity contribution in [3.8, 4) is 5.75 Å².